The zero-order valence-corrected chi connectivity index (χ0v) is 14.4. The maximum absolute atomic E-state index is 12.2. The lowest BCUT2D eigenvalue weighted by Gasteiger charge is -2.23. The third-order valence-electron chi connectivity index (χ3n) is 3.46. The lowest BCUT2D eigenvalue weighted by Crippen LogP contribution is -2.19. The highest BCUT2D eigenvalue weighted by Crippen LogP contribution is 2.26. The number of nitrogens with zero attached hydrogens (tertiary/aromatic N) is 2. The number of hydrazine groups is 1. The summed E-state index contributed by atoms with van der Waals surface area (Å²) in [4.78, 5) is 19.1. The minimum absolute atomic E-state index is 0.394. The van der Waals surface area contributed by atoms with Crippen LogP contribution in [-0.4, -0.2) is 16.5 Å². The van der Waals surface area contributed by atoms with E-state index in [2.05, 4.69) is 10.4 Å². The number of H-pyrrole nitrogens is 1. The van der Waals surface area contributed by atoms with E-state index >= 15 is 0 Å². The normalized spacial score (nSPS) is 10.9. The van der Waals surface area contributed by atoms with E-state index in [0.717, 1.165) is 16.4 Å². The van der Waals surface area contributed by atoms with E-state index < -0.39 is 5.56 Å². The fraction of sp³-hybridized carbons (Fsp3) is 0.158. The number of aromatic amines is 1. The lowest BCUT2D eigenvalue weighted by atomic mass is 10.2. The Morgan fingerprint density at radius 1 is 1.24 bits per heavy atom. The highest BCUT2D eigenvalue weighted by Gasteiger charge is 2.09. The molecule has 0 spiro atoms. The van der Waals surface area contributed by atoms with Gasteiger partial charge in [-0.25, -0.2) is 4.98 Å². The summed E-state index contributed by atoms with van der Waals surface area (Å²) < 4.78 is 7.57. The van der Waals surface area contributed by atoms with E-state index in [9.17, 15) is 4.79 Å². The molecule has 0 amide bonds. The first-order valence-corrected chi connectivity index (χ1v) is 8.15. The van der Waals surface area contributed by atoms with Gasteiger partial charge in [-0.1, -0.05) is 32.0 Å². The largest absolute Gasteiger partial charge is 0.338 e. The van der Waals surface area contributed by atoms with E-state index in [1.54, 1.807) is 18.3 Å². The van der Waals surface area contributed by atoms with Crippen molar-refractivity contribution in [2.45, 2.75) is 13.8 Å². The first kappa shape index (κ1) is 16.7. The fourth-order valence-electron chi connectivity index (χ4n) is 2.38. The molecule has 130 valence electrons. The van der Waals surface area contributed by atoms with Crippen molar-refractivity contribution in [3.63, 3.8) is 0 Å². The summed E-state index contributed by atoms with van der Waals surface area (Å²) in [6, 6.07) is 15.3. The van der Waals surface area contributed by atoms with E-state index in [1.165, 1.54) is 6.33 Å². The maximum Gasteiger partial charge on any atom is 0.258 e. The van der Waals surface area contributed by atoms with Gasteiger partial charge < -0.3 is 15.3 Å². The van der Waals surface area contributed by atoms with Crippen molar-refractivity contribution in [3.05, 3.63) is 77.5 Å². The van der Waals surface area contributed by atoms with Crippen molar-refractivity contribution >= 4 is 22.3 Å². The molecule has 0 saturated carbocycles. The summed E-state index contributed by atoms with van der Waals surface area (Å²) in [5.74, 6) is 5.27. The Bertz CT molecular complexity index is 924. The van der Waals surface area contributed by atoms with Gasteiger partial charge >= 0.3 is 0 Å². The molecule has 6 heteroatoms. The SMILES string of the molecule is CC.[2H]n1cnc2ccc(N(CC=CNN)c3ccccc3)cc2c1=O. The van der Waals surface area contributed by atoms with Crippen molar-refractivity contribution in [1.82, 2.24) is 15.4 Å². The van der Waals surface area contributed by atoms with Crippen molar-refractivity contribution in [3.8, 4) is 0 Å². The van der Waals surface area contributed by atoms with Crippen LogP contribution in [-0.2, 0) is 0 Å². The number of nitrogens with one attached hydrogen (secondary N) is 2. The molecular weight excluding hydrogens is 314 g/mol. The molecular formula is C19H23N5O. The fourth-order valence-corrected chi connectivity index (χ4v) is 2.38. The Kier molecular flexibility index (Phi) is 6.18. The van der Waals surface area contributed by atoms with Crippen LogP contribution in [0.1, 0.15) is 13.8 Å². The van der Waals surface area contributed by atoms with Gasteiger partial charge in [-0.15, -0.1) is 0 Å². The van der Waals surface area contributed by atoms with Gasteiger partial charge in [0.1, 0.15) is 0 Å². The number of para-hydroxylation sites is 1. The molecule has 0 atom stereocenters. The average Bonchev–Trinajstić information content (AvgIpc) is 2.70. The summed E-state index contributed by atoms with van der Waals surface area (Å²) in [7, 11) is 0. The molecule has 0 aliphatic rings. The van der Waals surface area contributed by atoms with Crippen molar-refractivity contribution in [1.29, 1.82) is 0 Å². The van der Waals surface area contributed by atoms with Crippen LogP contribution in [0.4, 0.5) is 11.4 Å². The number of anilines is 2. The molecule has 0 aliphatic carbocycles. The van der Waals surface area contributed by atoms with Crippen LogP contribution < -0.4 is 21.7 Å². The highest BCUT2D eigenvalue weighted by molar-refractivity contribution is 5.83. The second-order valence-corrected chi connectivity index (χ2v) is 4.90. The second kappa shape index (κ2) is 9.24. The van der Waals surface area contributed by atoms with Gasteiger partial charge in [-0.2, -0.15) is 0 Å². The van der Waals surface area contributed by atoms with Gasteiger partial charge in [0, 0.05) is 24.1 Å². The van der Waals surface area contributed by atoms with Crippen molar-refractivity contribution < 1.29 is 1.41 Å². The Balaban J connectivity index is 0.00000117. The third-order valence-corrected chi connectivity index (χ3v) is 3.46. The zero-order chi connectivity index (χ0) is 18.9. The van der Waals surface area contributed by atoms with E-state index in [0.29, 0.717) is 17.4 Å². The molecule has 6 nitrogen and oxygen atoms in total. The van der Waals surface area contributed by atoms with Gasteiger partial charge in [-0.3, -0.25) is 10.6 Å². The smallest absolute Gasteiger partial charge is 0.258 e. The number of hydrogen-bond acceptors (Lipinski definition) is 5. The number of rotatable bonds is 5. The monoisotopic (exact) mass is 338 g/mol. The number of nitrogens with two attached hydrogens (primary N) is 1. The Labute approximate surface area is 148 Å². The van der Waals surface area contributed by atoms with E-state index in [4.69, 9.17) is 7.25 Å². The maximum atomic E-state index is 12.2. The van der Waals surface area contributed by atoms with E-state index in [1.807, 2.05) is 61.2 Å². The average molecular weight is 338 g/mol. The number of benzene rings is 2. The molecule has 0 saturated heterocycles. The second-order valence-electron chi connectivity index (χ2n) is 4.90. The zero-order valence-electron chi connectivity index (χ0n) is 15.4. The minimum atomic E-state index is -0.394. The molecule has 1 aromatic heterocycles. The van der Waals surface area contributed by atoms with Gasteiger partial charge in [-0.05, 0) is 36.4 Å². The first-order valence-electron chi connectivity index (χ1n) is 8.60. The molecule has 3 rings (SSSR count). The molecule has 4 N–H and O–H groups in total. The molecule has 0 radical (unpaired) electrons. The standard InChI is InChI=1S/C17H17N5O.C2H6/c18-21-9-4-10-22(13-5-2-1-3-6-13)14-7-8-16-15(11-14)17(23)20-12-19-16;1-2/h1-9,11-12,21H,10,18H2,(H,19,20,23);1-2H3/i/hD. The molecule has 0 bridgehead atoms. The quantitative estimate of drug-likeness (QED) is 0.492. The van der Waals surface area contributed by atoms with Gasteiger partial charge in [0.05, 0.1) is 17.2 Å². The summed E-state index contributed by atoms with van der Waals surface area (Å²) in [5, 5.41) is 0.409. The Morgan fingerprint density at radius 3 is 2.72 bits per heavy atom. The molecule has 0 fully saturated rings. The van der Waals surface area contributed by atoms with Gasteiger partial charge in [0.15, 0.2) is 1.41 Å². The summed E-state index contributed by atoms with van der Waals surface area (Å²) in [6.45, 7) is 4.56. The van der Waals surface area contributed by atoms with Crippen LogP contribution in [0.25, 0.3) is 10.9 Å². The van der Waals surface area contributed by atoms with Crippen LogP contribution in [0.5, 0.6) is 0 Å². The van der Waals surface area contributed by atoms with Gasteiger partial charge in [0.25, 0.3) is 5.56 Å². The van der Waals surface area contributed by atoms with Crippen molar-refractivity contribution in [2.24, 2.45) is 5.84 Å². The number of aromatic nitrogens is 2. The topological polar surface area (TPSA) is 87.0 Å². The number of fused-ring (bicyclic) bond motifs is 1. The molecule has 0 unspecified atom stereocenters. The van der Waals surface area contributed by atoms with Crippen LogP contribution >= 0.6 is 0 Å². The summed E-state index contributed by atoms with van der Waals surface area (Å²) in [6.07, 6.45) is 4.73. The molecule has 1 heterocycles. The molecule has 0 aliphatic heterocycles. The van der Waals surface area contributed by atoms with Crippen LogP contribution in [0.15, 0.2) is 71.9 Å². The summed E-state index contributed by atoms with van der Waals surface area (Å²) >= 11 is 0. The highest BCUT2D eigenvalue weighted by atomic mass is 16.1. The predicted octanol–water partition coefficient (Wildman–Crippen LogP) is 3.06. The number of hydrogen-bond donors (Lipinski definition) is 3. The molecule has 2 aromatic carbocycles. The first-order chi connectivity index (χ1) is 12.7. The van der Waals surface area contributed by atoms with E-state index in [-0.39, 0.29) is 0 Å². The van der Waals surface area contributed by atoms with Gasteiger partial charge in [0.2, 0.25) is 0 Å². The third kappa shape index (κ3) is 4.45. The molecule has 3 aromatic rings. The van der Waals surface area contributed by atoms with Crippen LogP contribution in [0, 0.1) is 0 Å². The predicted molar refractivity (Wildman–Crippen MR) is 104 cm³/mol. The minimum Gasteiger partial charge on any atom is -0.338 e. The Morgan fingerprint density at radius 2 is 2.00 bits per heavy atom. The van der Waals surface area contributed by atoms with Crippen LogP contribution in [0.3, 0.4) is 0 Å². The Hall–Kier alpha value is -3.12. The molecule has 25 heavy (non-hydrogen) atoms. The summed E-state index contributed by atoms with van der Waals surface area (Å²) in [5.41, 5.74) is 4.47. The lowest BCUT2D eigenvalue weighted by molar-refractivity contribution is 0.954. The van der Waals surface area contributed by atoms with Crippen molar-refractivity contribution in [2.75, 3.05) is 11.4 Å². The van der Waals surface area contributed by atoms with Crippen LogP contribution in [0.2, 0.25) is 1.41 Å².